The second-order valence-corrected chi connectivity index (χ2v) is 8.81. The van der Waals surface area contributed by atoms with Gasteiger partial charge >= 0.3 is 0 Å². The van der Waals surface area contributed by atoms with Crippen LogP contribution < -0.4 is 0 Å². The molecule has 1 aromatic carbocycles. The minimum Gasteiger partial charge on any atom is -0.307 e. The molecule has 0 bridgehead atoms. The molecule has 4 rings (SSSR count). The van der Waals surface area contributed by atoms with Crippen LogP contribution in [0.2, 0.25) is 5.02 Å². The highest BCUT2D eigenvalue weighted by atomic mass is 35.5. The molecule has 0 saturated carbocycles. The van der Waals surface area contributed by atoms with Crippen molar-refractivity contribution >= 4 is 28.6 Å². The minimum absolute atomic E-state index is 0.0915. The molecule has 7 heteroatoms. The molecule has 0 aliphatic carbocycles. The summed E-state index contributed by atoms with van der Waals surface area (Å²) in [6.07, 6.45) is 0. The van der Waals surface area contributed by atoms with Crippen LogP contribution in [0.3, 0.4) is 0 Å². The molecule has 2 aromatic heterocycles. The van der Waals surface area contributed by atoms with Crippen LogP contribution in [0, 0.1) is 20.8 Å². The van der Waals surface area contributed by atoms with Crippen molar-refractivity contribution in [2.75, 3.05) is 20.6 Å². The van der Waals surface area contributed by atoms with Gasteiger partial charge in [0.25, 0.3) is 0 Å². The highest BCUT2D eigenvalue weighted by Gasteiger charge is 2.31. The van der Waals surface area contributed by atoms with E-state index >= 15 is 0 Å². The second-order valence-electron chi connectivity index (χ2n) is 7.17. The maximum Gasteiger partial charge on any atom is 0.164 e. The summed E-state index contributed by atoms with van der Waals surface area (Å²) in [5.74, 6) is 1.79. The number of aryl methyl sites for hydroxylation is 2. The van der Waals surface area contributed by atoms with Gasteiger partial charge in [0, 0.05) is 27.6 Å². The quantitative estimate of drug-likeness (QED) is 0.657. The predicted molar refractivity (Wildman–Crippen MR) is 112 cm³/mol. The van der Waals surface area contributed by atoms with Crippen molar-refractivity contribution in [2.24, 2.45) is 4.99 Å². The Balaban J connectivity index is 2.02. The molecule has 3 heterocycles. The summed E-state index contributed by atoms with van der Waals surface area (Å²) in [5.41, 5.74) is 4.50. The van der Waals surface area contributed by atoms with Gasteiger partial charge < -0.3 is 4.90 Å². The fraction of sp³-hybridized carbons (Fsp3) is 0.350. The van der Waals surface area contributed by atoms with Crippen LogP contribution in [0.5, 0.6) is 0 Å². The molecule has 0 spiro atoms. The number of thiophene rings is 1. The molecule has 0 radical (unpaired) electrons. The highest BCUT2D eigenvalue weighted by molar-refractivity contribution is 7.15. The Morgan fingerprint density at radius 2 is 1.81 bits per heavy atom. The van der Waals surface area contributed by atoms with Gasteiger partial charge in [-0.2, -0.15) is 0 Å². The van der Waals surface area contributed by atoms with Crippen LogP contribution in [0.25, 0.3) is 5.00 Å². The molecular weight excluding hydrogens is 378 g/mol. The first-order valence-electron chi connectivity index (χ1n) is 8.88. The van der Waals surface area contributed by atoms with Crippen LogP contribution >= 0.6 is 22.9 Å². The summed E-state index contributed by atoms with van der Waals surface area (Å²) in [4.78, 5) is 8.62. The van der Waals surface area contributed by atoms with Gasteiger partial charge in [-0.15, -0.1) is 21.5 Å². The first-order valence-corrected chi connectivity index (χ1v) is 10.1. The lowest BCUT2D eigenvalue weighted by Crippen LogP contribution is -2.21. The number of nitrogens with zero attached hydrogens (tertiary/aromatic N) is 5. The number of aromatic nitrogens is 3. The van der Waals surface area contributed by atoms with Crippen LogP contribution in [-0.2, 0) is 0 Å². The van der Waals surface area contributed by atoms with E-state index in [0.29, 0.717) is 0 Å². The number of aliphatic imine (C=N–C) groups is 1. The van der Waals surface area contributed by atoms with Gasteiger partial charge in [-0.1, -0.05) is 23.7 Å². The Bertz CT molecular complexity index is 1030. The van der Waals surface area contributed by atoms with Crippen LogP contribution in [0.15, 0.2) is 29.3 Å². The number of likely N-dealkylation sites (N-methyl/N-ethyl adjacent to an activating group) is 1. The van der Waals surface area contributed by atoms with Crippen molar-refractivity contribution in [3.8, 4) is 5.00 Å². The highest BCUT2D eigenvalue weighted by Crippen LogP contribution is 2.38. The standard InChI is InChI=1S/C20H22ClN5S/c1-11-12(2)27-20-17(11)18(14-6-8-15(21)9-7-14)22-16(10-25(4)5)19-24-23-13(3)26(19)20/h6-9,16H,10H2,1-5H3/t16-/m0/s1. The SMILES string of the molecule is Cc1sc2c(c1C)C(c1ccc(Cl)cc1)=N[C@@H](CN(C)C)c1nnc(C)n1-2. The van der Waals surface area contributed by atoms with Gasteiger partial charge in [0.15, 0.2) is 5.82 Å². The maximum atomic E-state index is 6.13. The Hall–Kier alpha value is -2.02. The number of benzene rings is 1. The van der Waals surface area contributed by atoms with Gasteiger partial charge in [-0.3, -0.25) is 9.56 Å². The maximum absolute atomic E-state index is 6.13. The average Bonchev–Trinajstić information content (AvgIpc) is 3.08. The monoisotopic (exact) mass is 399 g/mol. The van der Waals surface area contributed by atoms with E-state index < -0.39 is 0 Å². The zero-order chi connectivity index (χ0) is 19.3. The Labute approximate surface area is 168 Å². The van der Waals surface area contributed by atoms with Crippen LogP contribution in [0.1, 0.15) is 39.3 Å². The van der Waals surface area contributed by atoms with Gasteiger partial charge in [0.05, 0.1) is 5.71 Å². The van der Waals surface area contributed by atoms with Crippen LogP contribution in [-0.4, -0.2) is 46.0 Å². The third-order valence-corrected chi connectivity index (χ3v) is 6.34. The lowest BCUT2D eigenvalue weighted by Gasteiger charge is -2.17. The number of hydrogen-bond acceptors (Lipinski definition) is 5. The largest absolute Gasteiger partial charge is 0.307 e. The first kappa shape index (κ1) is 18.3. The predicted octanol–water partition coefficient (Wildman–Crippen LogP) is 4.36. The Morgan fingerprint density at radius 1 is 1.11 bits per heavy atom. The lowest BCUT2D eigenvalue weighted by molar-refractivity contribution is 0.370. The molecule has 3 aromatic rings. The van der Waals surface area contributed by atoms with Gasteiger partial charge in [0.1, 0.15) is 16.9 Å². The van der Waals surface area contributed by atoms with E-state index in [-0.39, 0.29) is 6.04 Å². The minimum atomic E-state index is -0.0915. The molecule has 1 aliphatic heterocycles. The van der Waals surface area contributed by atoms with Crippen molar-refractivity contribution in [3.63, 3.8) is 0 Å². The molecule has 0 unspecified atom stereocenters. The molecule has 5 nitrogen and oxygen atoms in total. The fourth-order valence-corrected chi connectivity index (χ4v) is 4.80. The molecule has 0 fully saturated rings. The normalized spacial score (nSPS) is 16.1. The molecule has 1 atom stereocenters. The second kappa shape index (κ2) is 6.86. The fourth-order valence-electron chi connectivity index (χ4n) is 3.46. The van der Waals surface area contributed by atoms with E-state index in [1.807, 2.05) is 31.2 Å². The number of halogens is 1. The van der Waals surface area contributed by atoms with Crippen LogP contribution in [0.4, 0.5) is 0 Å². The summed E-state index contributed by atoms with van der Waals surface area (Å²) < 4.78 is 2.18. The third-order valence-electron chi connectivity index (χ3n) is 4.90. The van der Waals surface area contributed by atoms with Crippen molar-refractivity contribution < 1.29 is 0 Å². The average molecular weight is 400 g/mol. The Kier molecular flexibility index (Phi) is 4.66. The summed E-state index contributed by atoms with van der Waals surface area (Å²) >= 11 is 7.90. The topological polar surface area (TPSA) is 46.3 Å². The van der Waals surface area contributed by atoms with Crippen molar-refractivity contribution in [1.82, 2.24) is 19.7 Å². The van der Waals surface area contributed by atoms with Crippen molar-refractivity contribution in [1.29, 1.82) is 0 Å². The van der Waals surface area contributed by atoms with E-state index in [0.717, 1.165) is 39.5 Å². The molecule has 140 valence electrons. The van der Waals surface area contributed by atoms with E-state index in [1.54, 1.807) is 11.3 Å². The molecule has 0 amide bonds. The van der Waals surface area contributed by atoms with E-state index in [1.165, 1.54) is 16.0 Å². The summed E-state index contributed by atoms with van der Waals surface area (Å²) in [6.45, 7) is 7.10. The van der Waals surface area contributed by atoms with Crippen molar-refractivity contribution in [2.45, 2.75) is 26.8 Å². The molecule has 1 aliphatic rings. The summed E-state index contributed by atoms with van der Waals surface area (Å²) in [7, 11) is 4.11. The molecule has 0 saturated heterocycles. The van der Waals surface area contributed by atoms with Gasteiger partial charge in [-0.25, -0.2) is 0 Å². The molecular formula is C20H22ClN5S. The number of rotatable bonds is 3. The van der Waals surface area contributed by atoms with E-state index in [9.17, 15) is 0 Å². The van der Waals surface area contributed by atoms with E-state index in [4.69, 9.17) is 16.6 Å². The Morgan fingerprint density at radius 3 is 2.48 bits per heavy atom. The third kappa shape index (κ3) is 3.12. The van der Waals surface area contributed by atoms with E-state index in [2.05, 4.69) is 47.6 Å². The smallest absolute Gasteiger partial charge is 0.164 e. The molecule has 0 N–H and O–H groups in total. The number of fused-ring (bicyclic) bond motifs is 3. The first-order chi connectivity index (χ1) is 12.9. The molecule has 27 heavy (non-hydrogen) atoms. The summed E-state index contributed by atoms with van der Waals surface area (Å²) in [5, 5.41) is 10.7. The van der Waals surface area contributed by atoms with Gasteiger partial charge in [0.2, 0.25) is 0 Å². The summed E-state index contributed by atoms with van der Waals surface area (Å²) in [6, 6.07) is 7.84. The van der Waals surface area contributed by atoms with Gasteiger partial charge in [-0.05, 0) is 52.6 Å². The zero-order valence-electron chi connectivity index (χ0n) is 16.1. The lowest BCUT2D eigenvalue weighted by atomic mass is 10.00. The van der Waals surface area contributed by atoms with Crippen molar-refractivity contribution in [3.05, 3.63) is 62.5 Å². The zero-order valence-corrected chi connectivity index (χ0v) is 17.7. The number of hydrogen-bond donors (Lipinski definition) is 0.